The van der Waals surface area contributed by atoms with Gasteiger partial charge in [0.1, 0.15) is 0 Å². The molecule has 0 atom stereocenters. The minimum absolute atomic E-state index is 0.0667. The predicted molar refractivity (Wildman–Crippen MR) is 50.9 cm³/mol. The van der Waals surface area contributed by atoms with Gasteiger partial charge in [-0.3, -0.25) is 0 Å². The molecule has 0 saturated carbocycles. The van der Waals surface area contributed by atoms with Gasteiger partial charge in [-0.05, 0) is 0 Å². The molecule has 0 radical (unpaired) electrons. The standard InChI is InChI=1S/2C4H10Te.Cd/c2*1-2-3-4-5;/h2*5H,2-4H2,1H3;/q;;+2/p-2. The third-order valence-corrected chi connectivity index (χ3v) is 65.9. The van der Waals surface area contributed by atoms with Gasteiger partial charge >= 0.3 is 96.5 Å². The third kappa shape index (κ3) is 12.5. The number of hydrogen-bond donors (Lipinski definition) is 0. The van der Waals surface area contributed by atoms with Gasteiger partial charge in [-0.2, -0.15) is 0 Å². The van der Waals surface area contributed by atoms with Crippen molar-refractivity contribution in [3.63, 3.8) is 0 Å². The molecule has 0 aromatic carbocycles. The molecule has 0 rings (SSSR count). The van der Waals surface area contributed by atoms with Crippen LogP contribution in [0.25, 0.3) is 0 Å². The quantitative estimate of drug-likeness (QED) is 0.369. The Labute approximate surface area is 94.8 Å². The molecule has 0 fully saturated rings. The molecular formula is C8H18CdTe2. The third-order valence-electron chi connectivity index (χ3n) is 1.45. The van der Waals surface area contributed by atoms with Gasteiger partial charge in [-0.1, -0.05) is 0 Å². The summed E-state index contributed by atoms with van der Waals surface area (Å²) in [6, 6.07) is 0. The van der Waals surface area contributed by atoms with Gasteiger partial charge in [0.15, 0.2) is 0 Å². The van der Waals surface area contributed by atoms with Crippen molar-refractivity contribution in [1.82, 2.24) is 0 Å². The van der Waals surface area contributed by atoms with Crippen molar-refractivity contribution in [2.75, 3.05) is 0 Å². The van der Waals surface area contributed by atoms with E-state index in [9.17, 15) is 0 Å². The Balaban J connectivity index is 2.69. The molecule has 0 N–H and O–H groups in total. The molecule has 0 aromatic heterocycles. The Kier molecular flexibility index (Phi) is 15.3. The number of rotatable bonds is 8. The summed E-state index contributed by atoms with van der Waals surface area (Å²) in [6.07, 6.45) is 6.04. The summed E-state index contributed by atoms with van der Waals surface area (Å²) < 4.78 is 3.43. The first-order valence-corrected chi connectivity index (χ1v) is 33.3. The van der Waals surface area contributed by atoms with Crippen molar-refractivity contribution in [3.8, 4) is 0 Å². The van der Waals surface area contributed by atoms with Gasteiger partial charge in [0.05, 0.1) is 0 Å². The summed E-state index contributed by atoms with van der Waals surface area (Å²) in [6.45, 7) is 4.66. The SMILES string of the molecule is CCCC[Te][Cd][Te]CCCC. The van der Waals surface area contributed by atoms with Crippen molar-refractivity contribution >= 4 is 32.3 Å². The van der Waals surface area contributed by atoms with E-state index in [0.29, 0.717) is 32.3 Å². The second-order valence-corrected chi connectivity index (χ2v) is 58.4. The molecule has 0 saturated heterocycles. The molecule has 0 bridgehead atoms. The first-order chi connectivity index (χ1) is 5.41. The summed E-state index contributed by atoms with van der Waals surface area (Å²) >= 11 is 1.49. The Bertz CT molecular complexity index is 61.1. The van der Waals surface area contributed by atoms with Crippen LogP contribution in [0.5, 0.6) is 0 Å². The summed E-state index contributed by atoms with van der Waals surface area (Å²) in [7, 11) is 0. The maximum atomic E-state index is 2.33. The summed E-state index contributed by atoms with van der Waals surface area (Å²) in [5, 5.41) is 0. The molecule has 0 aliphatic heterocycles. The van der Waals surface area contributed by atoms with Crippen molar-refractivity contribution in [2.45, 2.75) is 48.5 Å². The summed E-state index contributed by atoms with van der Waals surface area (Å²) in [5.41, 5.74) is 0. The van der Waals surface area contributed by atoms with Gasteiger partial charge in [-0.15, -0.1) is 0 Å². The fourth-order valence-electron chi connectivity index (χ4n) is 0.670. The predicted octanol–water partition coefficient (Wildman–Crippen LogP) is 2.74. The van der Waals surface area contributed by atoms with E-state index in [1.165, 1.54) is 12.8 Å². The van der Waals surface area contributed by atoms with E-state index in [2.05, 4.69) is 13.8 Å². The van der Waals surface area contributed by atoms with Crippen molar-refractivity contribution in [1.29, 1.82) is 0 Å². The molecule has 3 heteroatoms. The Morgan fingerprint density at radius 1 is 0.909 bits per heavy atom. The zero-order valence-corrected chi connectivity index (χ0v) is 16.5. The molecule has 0 aliphatic carbocycles. The van der Waals surface area contributed by atoms with E-state index < -0.39 is 0 Å². The van der Waals surface area contributed by atoms with Crippen LogP contribution in [0, 0.1) is 0 Å². The molecule has 0 heterocycles. The van der Waals surface area contributed by atoms with Crippen molar-refractivity contribution in [3.05, 3.63) is 0 Å². The van der Waals surface area contributed by atoms with E-state index in [0.717, 1.165) is 0 Å². The van der Waals surface area contributed by atoms with Gasteiger partial charge in [0.2, 0.25) is 0 Å². The molecular weight excluding hydrogens is 464 g/mol. The van der Waals surface area contributed by atoms with E-state index in [-0.39, 0.29) is 15.8 Å². The molecule has 0 spiro atoms. The van der Waals surface area contributed by atoms with E-state index in [4.69, 9.17) is 0 Å². The molecule has 11 heavy (non-hydrogen) atoms. The van der Waals surface area contributed by atoms with Crippen LogP contribution in [0.3, 0.4) is 0 Å². The zero-order valence-electron chi connectivity index (χ0n) is 7.77. The van der Waals surface area contributed by atoms with Crippen LogP contribution >= 0.6 is 0 Å². The Morgan fingerprint density at radius 3 is 1.73 bits per heavy atom. The Morgan fingerprint density at radius 2 is 1.36 bits per heavy atom. The van der Waals surface area contributed by atoms with Crippen LogP contribution in [0.1, 0.15) is 39.5 Å². The molecule has 0 nitrogen and oxygen atoms in total. The van der Waals surface area contributed by atoms with E-state index in [1.54, 1.807) is 21.8 Å². The second-order valence-electron chi connectivity index (χ2n) is 2.64. The van der Waals surface area contributed by atoms with Crippen LogP contribution in [0.15, 0.2) is 0 Å². The first kappa shape index (κ1) is 13.5. The summed E-state index contributed by atoms with van der Waals surface area (Å²) in [5.74, 6) is 0. The van der Waals surface area contributed by atoms with E-state index >= 15 is 0 Å². The normalized spacial score (nSPS) is 9.64. The second kappa shape index (κ2) is 12.5. The van der Waals surface area contributed by atoms with Crippen LogP contribution in [-0.2, 0) is 15.8 Å². The molecule has 64 valence electrons. The molecule has 0 amide bonds. The zero-order chi connectivity index (χ0) is 8.36. The average molecular weight is 482 g/mol. The minimum atomic E-state index is 0.0667. The number of hydrogen-bond acceptors (Lipinski definition) is 0. The molecule has 0 unspecified atom stereocenters. The van der Waals surface area contributed by atoms with Gasteiger partial charge in [0.25, 0.3) is 0 Å². The van der Waals surface area contributed by atoms with Gasteiger partial charge in [-0.25, -0.2) is 0 Å². The van der Waals surface area contributed by atoms with Crippen LogP contribution in [0.4, 0.5) is 0 Å². The maximum absolute atomic E-state index is 2.33. The number of unbranched alkanes of at least 4 members (excludes halogenated alkanes) is 2. The van der Waals surface area contributed by atoms with Gasteiger partial charge < -0.3 is 0 Å². The fourth-order valence-corrected chi connectivity index (χ4v) is 64.5. The molecule has 0 aromatic rings. The topological polar surface area (TPSA) is 0 Å². The fraction of sp³-hybridized carbons (Fsp3) is 1.00. The van der Waals surface area contributed by atoms with Crippen molar-refractivity contribution in [2.24, 2.45) is 0 Å². The Hall–Kier alpha value is 2.50. The molecule has 0 aliphatic rings. The van der Waals surface area contributed by atoms with Gasteiger partial charge in [0, 0.05) is 0 Å². The summed E-state index contributed by atoms with van der Waals surface area (Å²) in [4.78, 5) is 0. The monoisotopic (exact) mass is 488 g/mol. The van der Waals surface area contributed by atoms with Crippen LogP contribution in [-0.4, -0.2) is 32.3 Å². The van der Waals surface area contributed by atoms with E-state index in [1.807, 2.05) is 0 Å². The van der Waals surface area contributed by atoms with Crippen LogP contribution in [0.2, 0.25) is 8.94 Å². The van der Waals surface area contributed by atoms with Crippen LogP contribution < -0.4 is 0 Å². The average Bonchev–Trinajstić information content (AvgIpc) is 2.03. The van der Waals surface area contributed by atoms with Crippen molar-refractivity contribution < 1.29 is 15.8 Å². The first-order valence-electron chi connectivity index (χ1n) is 4.57.